The first-order chi connectivity index (χ1) is 19.2. The van der Waals surface area contributed by atoms with Crippen molar-refractivity contribution in [2.45, 2.75) is 0 Å². The molecule has 6 rings (SSSR count). The van der Waals surface area contributed by atoms with Gasteiger partial charge >= 0.3 is 0 Å². The minimum Gasteiger partial charge on any atom is -0.345 e. The maximum absolute atomic E-state index is 9.12. The predicted molar refractivity (Wildman–Crippen MR) is 163 cm³/mol. The van der Waals surface area contributed by atoms with Gasteiger partial charge in [0, 0.05) is 35.5 Å². The number of benzene rings is 6. The van der Waals surface area contributed by atoms with Gasteiger partial charge in [0.25, 0.3) is 0 Å². The van der Waals surface area contributed by atoms with E-state index in [4.69, 9.17) is 5.26 Å². The lowest BCUT2D eigenvalue weighted by molar-refractivity contribution is 1.20. The first kappa shape index (κ1) is 24.0. The standard InChI is InChI=1S/C36H27N3/c1-38(32-16-11-27(26-37)12-17-32)33-21-23-35(24-22-33)39(36-20-15-29-9-5-6-10-31(29)25-36)34-18-13-30(14-19-34)28-7-3-2-4-8-28/h2-25H,1H3. The van der Waals surface area contributed by atoms with E-state index in [9.17, 15) is 0 Å². The fourth-order valence-corrected chi connectivity index (χ4v) is 4.93. The van der Waals surface area contributed by atoms with Gasteiger partial charge in [0.2, 0.25) is 0 Å². The smallest absolute Gasteiger partial charge is 0.0991 e. The Hall–Kier alpha value is -5.33. The Balaban J connectivity index is 1.38. The highest BCUT2D eigenvalue weighted by molar-refractivity contribution is 5.89. The molecule has 0 radical (unpaired) electrons. The third kappa shape index (κ3) is 4.97. The second kappa shape index (κ2) is 10.6. The lowest BCUT2D eigenvalue weighted by Crippen LogP contribution is -2.12. The van der Waals surface area contributed by atoms with Crippen LogP contribution in [0.2, 0.25) is 0 Å². The van der Waals surface area contributed by atoms with Gasteiger partial charge in [-0.25, -0.2) is 0 Å². The first-order valence-corrected chi connectivity index (χ1v) is 13.0. The van der Waals surface area contributed by atoms with E-state index in [0.29, 0.717) is 5.56 Å². The number of nitrogens with zero attached hydrogens (tertiary/aromatic N) is 3. The Morgan fingerprint density at radius 2 is 0.949 bits per heavy atom. The van der Waals surface area contributed by atoms with Crippen LogP contribution in [-0.4, -0.2) is 7.05 Å². The summed E-state index contributed by atoms with van der Waals surface area (Å²) in [5, 5.41) is 11.5. The van der Waals surface area contributed by atoms with Gasteiger partial charge in [0.05, 0.1) is 11.6 Å². The van der Waals surface area contributed by atoms with Crippen LogP contribution in [0, 0.1) is 11.3 Å². The molecule has 0 amide bonds. The molecule has 0 aliphatic carbocycles. The van der Waals surface area contributed by atoms with Crippen LogP contribution in [0.5, 0.6) is 0 Å². The molecule has 0 spiro atoms. The summed E-state index contributed by atoms with van der Waals surface area (Å²) in [7, 11) is 2.04. The Morgan fingerprint density at radius 1 is 0.462 bits per heavy atom. The van der Waals surface area contributed by atoms with Gasteiger partial charge in [-0.2, -0.15) is 5.26 Å². The summed E-state index contributed by atoms with van der Waals surface area (Å²) in [5.41, 5.74) is 8.44. The summed E-state index contributed by atoms with van der Waals surface area (Å²) in [6, 6.07) is 52.7. The Labute approximate surface area is 229 Å². The van der Waals surface area contributed by atoms with Crippen LogP contribution >= 0.6 is 0 Å². The zero-order valence-corrected chi connectivity index (χ0v) is 21.7. The van der Waals surface area contributed by atoms with Crippen molar-refractivity contribution in [1.82, 2.24) is 0 Å². The van der Waals surface area contributed by atoms with Crippen LogP contribution < -0.4 is 9.80 Å². The summed E-state index contributed by atoms with van der Waals surface area (Å²) in [4.78, 5) is 4.42. The molecule has 0 N–H and O–H groups in total. The zero-order valence-electron chi connectivity index (χ0n) is 21.7. The second-order valence-corrected chi connectivity index (χ2v) is 9.51. The van der Waals surface area contributed by atoms with Crippen LogP contribution in [-0.2, 0) is 0 Å². The van der Waals surface area contributed by atoms with Gasteiger partial charge in [0.15, 0.2) is 0 Å². The molecule has 0 aromatic heterocycles. The van der Waals surface area contributed by atoms with E-state index in [1.54, 1.807) is 0 Å². The molecule has 0 aliphatic heterocycles. The van der Waals surface area contributed by atoms with Crippen LogP contribution in [0.3, 0.4) is 0 Å². The number of hydrogen-bond acceptors (Lipinski definition) is 3. The van der Waals surface area contributed by atoms with Crippen molar-refractivity contribution in [3.05, 3.63) is 151 Å². The molecule has 0 saturated carbocycles. The minimum absolute atomic E-state index is 0.659. The van der Waals surface area contributed by atoms with Crippen molar-refractivity contribution in [2.75, 3.05) is 16.8 Å². The monoisotopic (exact) mass is 501 g/mol. The number of anilines is 5. The molecular formula is C36H27N3. The minimum atomic E-state index is 0.659. The molecule has 0 fully saturated rings. The van der Waals surface area contributed by atoms with Gasteiger partial charge in [-0.05, 0) is 94.7 Å². The van der Waals surface area contributed by atoms with E-state index in [2.05, 4.69) is 131 Å². The largest absolute Gasteiger partial charge is 0.345 e. The van der Waals surface area contributed by atoms with Gasteiger partial charge in [-0.1, -0.05) is 72.8 Å². The number of rotatable bonds is 6. The number of nitriles is 1. The summed E-state index contributed by atoms with van der Waals surface area (Å²) >= 11 is 0. The van der Waals surface area contributed by atoms with Crippen LogP contribution in [0.15, 0.2) is 146 Å². The van der Waals surface area contributed by atoms with E-state index in [-0.39, 0.29) is 0 Å². The van der Waals surface area contributed by atoms with Crippen molar-refractivity contribution < 1.29 is 0 Å². The maximum atomic E-state index is 9.12. The third-order valence-electron chi connectivity index (χ3n) is 7.10. The highest BCUT2D eigenvalue weighted by Crippen LogP contribution is 2.38. The second-order valence-electron chi connectivity index (χ2n) is 9.51. The third-order valence-corrected chi connectivity index (χ3v) is 7.10. The SMILES string of the molecule is CN(c1ccc(C#N)cc1)c1ccc(N(c2ccc(-c3ccccc3)cc2)c2ccc3ccccc3c2)cc1. The molecule has 0 aliphatic rings. The highest BCUT2D eigenvalue weighted by atomic mass is 15.1. The topological polar surface area (TPSA) is 30.3 Å². The number of hydrogen-bond donors (Lipinski definition) is 0. The van der Waals surface area contributed by atoms with Gasteiger partial charge in [0.1, 0.15) is 0 Å². The van der Waals surface area contributed by atoms with Crippen LogP contribution in [0.1, 0.15) is 5.56 Å². The fraction of sp³-hybridized carbons (Fsp3) is 0.0278. The van der Waals surface area contributed by atoms with Crippen molar-refractivity contribution in [1.29, 1.82) is 5.26 Å². The molecule has 0 bridgehead atoms. The van der Waals surface area contributed by atoms with Crippen molar-refractivity contribution in [3.8, 4) is 17.2 Å². The molecule has 3 nitrogen and oxygen atoms in total. The van der Waals surface area contributed by atoms with Crippen molar-refractivity contribution >= 4 is 39.2 Å². The summed E-state index contributed by atoms with van der Waals surface area (Å²) in [5.74, 6) is 0. The molecule has 6 aromatic carbocycles. The summed E-state index contributed by atoms with van der Waals surface area (Å²) < 4.78 is 0. The molecule has 0 heterocycles. The molecular weight excluding hydrogens is 474 g/mol. The molecule has 3 heteroatoms. The van der Waals surface area contributed by atoms with Crippen molar-refractivity contribution in [3.63, 3.8) is 0 Å². The zero-order chi connectivity index (χ0) is 26.6. The Morgan fingerprint density at radius 3 is 1.59 bits per heavy atom. The quantitative estimate of drug-likeness (QED) is 0.228. The van der Waals surface area contributed by atoms with Crippen LogP contribution in [0.4, 0.5) is 28.4 Å². The van der Waals surface area contributed by atoms with Crippen molar-refractivity contribution in [2.24, 2.45) is 0 Å². The van der Waals surface area contributed by atoms with E-state index in [1.165, 1.54) is 21.9 Å². The lowest BCUT2D eigenvalue weighted by atomic mass is 10.0. The van der Waals surface area contributed by atoms with E-state index in [1.807, 2.05) is 37.4 Å². The molecule has 0 unspecified atom stereocenters. The molecule has 186 valence electrons. The predicted octanol–water partition coefficient (Wildman–Crippen LogP) is 9.62. The van der Waals surface area contributed by atoms with E-state index in [0.717, 1.165) is 28.4 Å². The Bertz CT molecular complexity index is 1750. The Kier molecular flexibility index (Phi) is 6.52. The van der Waals surface area contributed by atoms with E-state index < -0.39 is 0 Å². The lowest BCUT2D eigenvalue weighted by Gasteiger charge is -2.27. The highest BCUT2D eigenvalue weighted by Gasteiger charge is 2.14. The number of fused-ring (bicyclic) bond motifs is 1. The van der Waals surface area contributed by atoms with Gasteiger partial charge in [-0.15, -0.1) is 0 Å². The molecule has 0 atom stereocenters. The molecule has 6 aromatic rings. The van der Waals surface area contributed by atoms with Gasteiger partial charge < -0.3 is 9.80 Å². The summed E-state index contributed by atoms with van der Waals surface area (Å²) in [6.07, 6.45) is 0. The molecule has 39 heavy (non-hydrogen) atoms. The summed E-state index contributed by atoms with van der Waals surface area (Å²) in [6.45, 7) is 0. The maximum Gasteiger partial charge on any atom is 0.0991 e. The fourth-order valence-electron chi connectivity index (χ4n) is 4.93. The van der Waals surface area contributed by atoms with Crippen LogP contribution in [0.25, 0.3) is 21.9 Å². The molecule has 0 saturated heterocycles. The van der Waals surface area contributed by atoms with Gasteiger partial charge in [-0.3, -0.25) is 0 Å². The first-order valence-electron chi connectivity index (χ1n) is 13.0. The normalized spacial score (nSPS) is 10.7. The average molecular weight is 502 g/mol. The average Bonchev–Trinajstić information content (AvgIpc) is 3.02. The van der Waals surface area contributed by atoms with E-state index >= 15 is 0 Å².